The molecule has 1 aromatic rings. The summed E-state index contributed by atoms with van der Waals surface area (Å²) in [4.78, 5) is 9.68. The van der Waals surface area contributed by atoms with Crippen molar-refractivity contribution in [1.29, 1.82) is 0 Å². The monoisotopic (exact) mass is 204 g/mol. The highest BCUT2D eigenvalue weighted by molar-refractivity contribution is 6.33. The van der Waals surface area contributed by atoms with Crippen molar-refractivity contribution in [3.05, 3.63) is 38.7 Å². The molecule has 1 rings (SSSR count). The van der Waals surface area contributed by atoms with Gasteiger partial charge in [0.05, 0.1) is 4.92 Å². The Morgan fingerprint density at radius 2 is 2.23 bits per heavy atom. The van der Waals surface area contributed by atoms with Gasteiger partial charge in [0, 0.05) is 18.2 Å². The molecule has 4 nitrogen and oxygen atoms in total. The van der Waals surface area contributed by atoms with Gasteiger partial charge in [0.15, 0.2) is 0 Å². The summed E-state index contributed by atoms with van der Waals surface area (Å²) in [6.45, 7) is -0.160. The van der Waals surface area contributed by atoms with Crippen LogP contribution >= 0.6 is 11.6 Å². The maximum atomic E-state index is 12.9. The van der Waals surface area contributed by atoms with Crippen LogP contribution in [0, 0.1) is 15.9 Å². The number of nitro groups is 1. The van der Waals surface area contributed by atoms with E-state index in [0.717, 1.165) is 12.1 Å². The minimum absolute atomic E-state index is 0.0316. The van der Waals surface area contributed by atoms with Crippen molar-refractivity contribution in [1.82, 2.24) is 0 Å². The average Bonchev–Trinajstić information content (AvgIpc) is 2.04. The highest BCUT2D eigenvalue weighted by Gasteiger charge is 2.17. The maximum absolute atomic E-state index is 12.9. The fourth-order valence-corrected chi connectivity index (χ4v) is 1.21. The van der Waals surface area contributed by atoms with E-state index in [-0.39, 0.29) is 22.8 Å². The summed E-state index contributed by atoms with van der Waals surface area (Å²) in [5.41, 5.74) is 4.81. The third kappa shape index (κ3) is 1.76. The van der Waals surface area contributed by atoms with E-state index in [1.54, 1.807) is 0 Å². The molecule has 0 aliphatic rings. The van der Waals surface area contributed by atoms with Crippen LogP contribution in [0.3, 0.4) is 0 Å². The van der Waals surface area contributed by atoms with Gasteiger partial charge >= 0.3 is 0 Å². The predicted octanol–water partition coefficient (Wildman–Crippen LogP) is 1.85. The fourth-order valence-electron chi connectivity index (χ4n) is 0.913. The quantitative estimate of drug-likeness (QED) is 0.590. The molecular weight excluding hydrogens is 199 g/mol. The Labute approximate surface area is 78.3 Å². The molecule has 1 aromatic carbocycles. The van der Waals surface area contributed by atoms with Gasteiger partial charge in [-0.05, 0) is 6.07 Å². The van der Waals surface area contributed by atoms with Crippen molar-refractivity contribution in [3.8, 4) is 0 Å². The smallest absolute Gasteiger partial charge is 0.288 e. The lowest BCUT2D eigenvalue weighted by Crippen LogP contribution is -2.02. The van der Waals surface area contributed by atoms with Crippen molar-refractivity contribution < 1.29 is 9.31 Å². The molecule has 0 heterocycles. The molecule has 6 heteroatoms. The average molecular weight is 205 g/mol. The second-order valence-corrected chi connectivity index (χ2v) is 2.70. The van der Waals surface area contributed by atoms with Crippen LogP contribution in [-0.2, 0) is 6.54 Å². The van der Waals surface area contributed by atoms with Crippen molar-refractivity contribution >= 4 is 17.3 Å². The number of nitro benzene ring substituents is 1. The second-order valence-electron chi connectivity index (χ2n) is 2.32. The zero-order chi connectivity index (χ0) is 10.0. The molecule has 0 radical (unpaired) electrons. The molecule has 0 spiro atoms. The zero-order valence-electron chi connectivity index (χ0n) is 6.46. The van der Waals surface area contributed by atoms with Gasteiger partial charge in [-0.15, -0.1) is 0 Å². The topological polar surface area (TPSA) is 69.2 Å². The van der Waals surface area contributed by atoms with E-state index in [4.69, 9.17) is 17.3 Å². The summed E-state index contributed by atoms with van der Waals surface area (Å²) < 4.78 is 12.9. The largest absolute Gasteiger partial charge is 0.326 e. The molecule has 0 aliphatic heterocycles. The summed E-state index contributed by atoms with van der Waals surface area (Å²) in [5.74, 6) is -0.627. The molecule has 0 fully saturated rings. The van der Waals surface area contributed by atoms with E-state index in [1.165, 1.54) is 0 Å². The SMILES string of the molecule is NCc1c(F)ccc([N+](=O)[O-])c1Cl. The van der Waals surface area contributed by atoms with E-state index in [9.17, 15) is 14.5 Å². The summed E-state index contributed by atoms with van der Waals surface area (Å²) in [6, 6.07) is 1.99. The first kappa shape index (κ1) is 9.88. The van der Waals surface area contributed by atoms with Crippen molar-refractivity contribution in [2.75, 3.05) is 0 Å². The molecule has 0 aliphatic carbocycles. The molecule has 2 N–H and O–H groups in total. The summed E-state index contributed by atoms with van der Waals surface area (Å²) in [6.07, 6.45) is 0. The number of hydrogen-bond donors (Lipinski definition) is 1. The molecule has 0 bridgehead atoms. The van der Waals surface area contributed by atoms with Crippen LogP contribution in [0.25, 0.3) is 0 Å². The molecule has 0 aromatic heterocycles. The summed E-state index contributed by atoms with van der Waals surface area (Å²) in [7, 11) is 0. The molecule has 0 saturated heterocycles. The van der Waals surface area contributed by atoms with Crippen LogP contribution in [0.1, 0.15) is 5.56 Å². The minimum Gasteiger partial charge on any atom is -0.326 e. The van der Waals surface area contributed by atoms with Crippen LogP contribution in [0.4, 0.5) is 10.1 Å². The first-order chi connectivity index (χ1) is 6.07. The number of rotatable bonds is 2. The van der Waals surface area contributed by atoms with Crippen molar-refractivity contribution in [3.63, 3.8) is 0 Å². The van der Waals surface area contributed by atoms with E-state index >= 15 is 0 Å². The zero-order valence-corrected chi connectivity index (χ0v) is 7.21. The lowest BCUT2D eigenvalue weighted by molar-refractivity contribution is -0.384. The number of halogens is 2. The normalized spacial score (nSPS) is 10.1. The van der Waals surface area contributed by atoms with Gasteiger partial charge in [-0.1, -0.05) is 11.6 Å². The summed E-state index contributed by atoms with van der Waals surface area (Å²) >= 11 is 5.55. The number of nitrogens with zero attached hydrogens (tertiary/aromatic N) is 1. The highest BCUT2D eigenvalue weighted by Crippen LogP contribution is 2.29. The molecule has 0 atom stereocenters. The standard InChI is InChI=1S/C7H6ClFN2O2/c8-7-4(3-10)5(9)1-2-6(7)11(12)13/h1-2H,3,10H2. The Balaban J connectivity index is 3.35. The van der Waals surface area contributed by atoms with Gasteiger partial charge in [-0.25, -0.2) is 4.39 Å². The van der Waals surface area contributed by atoms with Crippen molar-refractivity contribution in [2.45, 2.75) is 6.54 Å². The number of hydrogen-bond acceptors (Lipinski definition) is 3. The minimum atomic E-state index is -0.680. The van der Waals surface area contributed by atoms with Crippen molar-refractivity contribution in [2.24, 2.45) is 5.73 Å². The Hall–Kier alpha value is -1.20. The van der Waals surface area contributed by atoms with Gasteiger partial charge in [0.1, 0.15) is 10.8 Å². The molecule has 0 saturated carbocycles. The van der Waals surface area contributed by atoms with Crippen LogP contribution < -0.4 is 5.73 Å². The Morgan fingerprint density at radius 3 is 2.69 bits per heavy atom. The van der Waals surface area contributed by atoms with Crippen LogP contribution in [0.2, 0.25) is 5.02 Å². The van der Waals surface area contributed by atoms with E-state index in [0.29, 0.717) is 0 Å². The van der Waals surface area contributed by atoms with E-state index < -0.39 is 10.7 Å². The molecule has 13 heavy (non-hydrogen) atoms. The van der Waals surface area contributed by atoms with Gasteiger partial charge in [0.25, 0.3) is 5.69 Å². The molecule has 70 valence electrons. The second kappa shape index (κ2) is 3.68. The Kier molecular flexibility index (Phi) is 2.79. The third-order valence-corrected chi connectivity index (χ3v) is 1.99. The van der Waals surface area contributed by atoms with E-state index in [2.05, 4.69) is 0 Å². The van der Waals surface area contributed by atoms with Crippen LogP contribution in [0.15, 0.2) is 12.1 Å². The predicted molar refractivity (Wildman–Crippen MR) is 46.0 cm³/mol. The molecule has 0 unspecified atom stereocenters. The van der Waals surface area contributed by atoms with Crippen LogP contribution in [-0.4, -0.2) is 4.92 Å². The third-order valence-electron chi connectivity index (χ3n) is 1.57. The first-order valence-corrected chi connectivity index (χ1v) is 3.77. The van der Waals surface area contributed by atoms with Crippen LogP contribution in [0.5, 0.6) is 0 Å². The van der Waals surface area contributed by atoms with Gasteiger partial charge < -0.3 is 5.73 Å². The number of nitrogens with two attached hydrogens (primary N) is 1. The van der Waals surface area contributed by atoms with Gasteiger partial charge in [0.2, 0.25) is 0 Å². The lowest BCUT2D eigenvalue weighted by Gasteiger charge is -2.02. The highest BCUT2D eigenvalue weighted by atomic mass is 35.5. The van der Waals surface area contributed by atoms with Gasteiger partial charge in [-0.3, -0.25) is 10.1 Å². The first-order valence-electron chi connectivity index (χ1n) is 3.39. The summed E-state index contributed by atoms with van der Waals surface area (Å²) in [5, 5.41) is 10.1. The molecular formula is C7H6ClFN2O2. The lowest BCUT2D eigenvalue weighted by atomic mass is 10.2. The Bertz CT molecular complexity index is 357. The fraction of sp³-hybridized carbons (Fsp3) is 0.143. The number of benzene rings is 1. The molecule has 0 amide bonds. The van der Waals surface area contributed by atoms with Gasteiger partial charge in [-0.2, -0.15) is 0 Å². The van der Waals surface area contributed by atoms with E-state index in [1.807, 2.05) is 0 Å². The maximum Gasteiger partial charge on any atom is 0.288 e. The Morgan fingerprint density at radius 1 is 1.62 bits per heavy atom.